The molecule has 0 aromatic rings. The molecule has 0 spiro atoms. The Morgan fingerprint density at radius 1 is 1.47 bits per heavy atom. The Morgan fingerprint density at radius 2 is 2.24 bits per heavy atom. The van der Waals surface area contributed by atoms with Gasteiger partial charge in [-0.1, -0.05) is 0 Å². The minimum absolute atomic E-state index is 0.0124. The molecule has 1 N–H and O–H groups in total. The van der Waals surface area contributed by atoms with Gasteiger partial charge in [-0.3, -0.25) is 9.69 Å². The highest BCUT2D eigenvalue weighted by molar-refractivity contribution is 7.91. The summed E-state index contributed by atoms with van der Waals surface area (Å²) >= 11 is 0. The van der Waals surface area contributed by atoms with Gasteiger partial charge in [-0.25, -0.2) is 8.42 Å². The first kappa shape index (κ1) is 12.8. The molecule has 0 radical (unpaired) electrons. The average Bonchev–Trinajstić information content (AvgIpc) is 2.60. The second-order valence-corrected chi connectivity index (χ2v) is 6.72. The number of hydrogen-bond donors (Lipinski definition) is 1. The van der Waals surface area contributed by atoms with Gasteiger partial charge < -0.3 is 10.1 Å². The minimum atomic E-state index is -2.93. The smallest absolute Gasteiger partial charge is 0.306 e. The first-order valence-electron chi connectivity index (χ1n) is 5.76. The third-order valence-corrected chi connectivity index (χ3v) is 5.14. The fourth-order valence-electron chi connectivity index (χ4n) is 2.56. The number of nitrogens with one attached hydrogen (secondary N) is 1. The lowest BCUT2D eigenvalue weighted by Crippen LogP contribution is -2.57. The fourth-order valence-corrected chi connectivity index (χ4v) is 4.54. The van der Waals surface area contributed by atoms with Gasteiger partial charge in [-0.2, -0.15) is 0 Å². The van der Waals surface area contributed by atoms with E-state index >= 15 is 0 Å². The van der Waals surface area contributed by atoms with Crippen molar-refractivity contribution in [3.8, 4) is 0 Å². The molecule has 0 unspecified atom stereocenters. The van der Waals surface area contributed by atoms with Gasteiger partial charge in [0, 0.05) is 31.7 Å². The predicted molar refractivity (Wildman–Crippen MR) is 62.4 cm³/mol. The van der Waals surface area contributed by atoms with E-state index in [2.05, 4.69) is 15.0 Å². The van der Waals surface area contributed by atoms with E-state index in [1.165, 1.54) is 7.11 Å². The van der Waals surface area contributed by atoms with Gasteiger partial charge in [0.25, 0.3) is 0 Å². The summed E-state index contributed by atoms with van der Waals surface area (Å²) in [5.74, 6) is 0.166. The second-order valence-electron chi connectivity index (χ2n) is 4.57. The van der Waals surface area contributed by atoms with Crippen molar-refractivity contribution in [2.45, 2.75) is 18.5 Å². The van der Waals surface area contributed by atoms with Crippen LogP contribution < -0.4 is 5.32 Å². The average molecular weight is 262 g/mol. The number of carbonyl (C=O) groups excluding carboxylic acids is 1. The first-order chi connectivity index (χ1) is 8.02. The maximum atomic E-state index is 11.6. The van der Waals surface area contributed by atoms with Crippen LogP contribution in [0.5, 0.6) is 0 Å². The summed E-state index contributed by atoms with van der Waals surface area (Å²) < 4.78 is 27.8. The molecule has 2 rings (SSSR count). The van der Waals surface area contributed by atoms with Crippen molar-refractivity contribution in [3.63, 3.8) is 0 Å². The molecule has 2 saturated heterocycles. The molecule has 2 heterocycles. The van der Waals surface area contributed by atoms with E-state index in [0.29, 0.717) is 13.0 Å². The maximum Gasteiger partial charge on any atom is 0.306 e. The molecule has 6 nitrogen and oxygen atoms in total. The van der Waals surface area contributed by atoms with E-state index in [1.54, 1.807) is 0 Å². The van der Waals surface area contributed by atoms with E-state index in [4.69, 9.17) is 0 Å². The molecule has 2 atom stereocenters. The third-order valence-electron chi connectivity index (χ3n) is 3.43. The Kier molecular flexibility index (Phi) is 3.70. The molecule has 98 valence electrons. The Morgan fingerprint density at radius 3 is 2.94 bits per heavy atom. The van der Waals surface area contributed by atoms with Crippen LogP contribution in [0.1, 0.15) is 6.42 Å². The van der Waals surface area contributed by atoms with E-state index in [9.17, 15) is 13.2 Å². The molecule has 17 heavy (non-hydrogen) atoms. The summed E-state index contributed by atoms with van der Waals surface area (Å²) in [5, 5.41) is 3.23. The summed E-state index contributed by atoms with van der Waals surface area (Å²) in [6.45, 7) is 2.14. The molecule has 7 heteroatoms. The number of ether oxygens (including phenoxy) is 1. The number of esters is 1. The van der Waals surface area contributed by atoms with Crippen molar-refractivity contribution in [3.05, 3.63) is 0 Å². The molecule has 0 amide bonds. The standard InChI is InChI=1S/C10H18N2O4S/c1-16-10(13)2-4-12-5-3-11-8-6-17(14,15)7-9(8)12/h8-9,11H,2-7H2,1H3/t8-,9-/m0/s1. The molecule has 2 aliphatic rings. The lowest BCUT2D eigenvalue weighted by Gasteiger charge is -2.37. The molecule has 2 fully saturated rings. The Labute approximate surface area is 101 Å². The summed E-state index contributed by atoms with van der Waals surface area (Å²) in [4.78, 5) is 13.2. The maximum absolute atomic E-state index is 11.6. The van der Waals surface area contributed by atoms with Crippen molar-refractivity contribution >= 4 is 15.8 Å². The number of methoxy groups -OCH3 is 1. The molecule has 0 aromatic carbocycles. The Balaban J connectivity index is 1.96. The zero-order chi connectivity index (χ0) is 12.5. The highest BCUT2D eigenvalue weighted by atomic mass is 32.2. The number of rotatable bonds is 3. The Bertz CT molecular complexity index is 395. The van der Waals surface area contributed by atoms with Gasteiger partial charge in [0.05, 0.1) is 25.0 Å². The number of hydrogen-bond acceptors (Lipinski definition) is 6. The molecule has 0 bridgehead atoms. The van der Waals surface area contributed by atoms with Gasteiger partial charge in [-0.05, 0) is 0 Å². The minimum Gasteiger partial charge on any atom is -0.469 e. The molecule has 2 aliphatic heterocycles. The van der Waals surface area contributed by atoms with E-state index in [1.807, 2.05) is 0 Å². The van der Waals surface area contributed by atoms with Crippen LogP contribution in [-0.4, -0.2) is 69.6 Å². The zero-order valence-corrected chi connectivity index (χ0v) is 10.7. The van der Waals surface area contributed by atoms with Crippen molar-refractivity contribution in [2.75, 3.05) is 38.2 Å². The molecule has 0 aromatic heterocycles. The number of sulfone groups is 1. The number of fused-ring (bicyclic) bond motifs is 1. The zero-order valence-electron chi connectivity index (χ0n) is 9.89. The summed E-state index contributed by atoms with van der Waals surface area (Å²) in [6, 6.07) is 0.0322. The van der Waals surface area contributed by atoms with Crippen LogP contribution in [0.25, 0.3) is 0 Å². The van der Waals surface area contributed by atoms with Crippen LogP contribution >= 0.6 is 0 Å². The first-order valence-corrected chi connectivity index (χ1v) is 7.58. The van der Waals surface area contributed by atoms with Crippen LogP contribution in [0.2, 0.25) is 0 Å². The van der Waals surface area contributed by atoms with Crippen LogP contribution in [0.4, 0.5) is 0 Å². The second kappa shape index (κ2) is 4.91. The lowest BCUT2D eigenvalue weighted by atomic mass is 10.1. The van der Waals surface area contributed by atoms with E-state index < -0.39 is 9.84 Å². The van der Waals surface area contributed by atoms with E-state index in [-0.39, 0.29) is 29.6 Å². The highest BCUT2D eigenvalue weighted by Gasteiger charge is 2.42. The van der Waals surface area contributed by atoms with Gasteiger partial charge in [0.15, 0.2) is 9.84 Å². The van der Waals surface area contributed by atoms with Crippen LogP contribution in [0.15, 0.2) is 0 Å². The summed E-state index contributed by atoms with van der Waals surface area (Å²) in [5.41, 5.74) is 0. The predicted octanol–water partition coefficient (Wildman–Crippen LogP) is -1.38. The number of piperazine rings is 1. The molecule has 0 saturated carbocycles. The largest absolute Gasteiger partial charge is 0.469 e. The van der Waals surface area contributed by atoms with Crippen LogP contribution in [0.3, 0.4) is 0 Å². The normalized spacial score (nSPS) is 32.1. The molecular formula is C10H18N2O4S. The van der Waals surface area contributed by atoms with Crippen molar-refractivity contribution in [1.82, 2.24) is 10.2 Å². The summed E-state index contributed by atoms with van der Waals surface area (Å²) in [6.07, 6.45) is 0.319. The van der Waals surface area contributed by atoms with Crippen LogP contribution in [-0.2, 0) is 19.4 Å². The molecule has 0 aliphatic carbocycles. The van der Waals surface area contributed by atoms with Gasteiger partial charge in [0.1, 0.15) is 0 Å². The SMILES string of the molecule is COC(=O)CCN1CCN[C@H]2CS(=O)(=O)C[C@@H]21. The van der Waals surface area contributed by atoms with Gasteiger partial charge in [-0.15, -0.1) is 0 Å². The molecular weight excluding hydrogens is 244 g/mol. The summed E-state index contributed by atoms with van der Waals surface area (Å²) in [7, 11) is -1.56. The van der Waals surface area contributed by atoms with Crippen molar-refractivity contribution < 1.29 is 17.9 Å². The van der Waals surface area contributed by atoms with Crippen LogP contribution in [0, 0.1) is 0 Å². The quantitative estimate of drug-likeness (QED) is 0.632. The topological polar surface area (TPSA) is 75.7 Å². The van der Waals surface area contributed by atoms with Crippen molar-refractivity contribution in [1.29, 1.82) is 0 Å². The fraction of sp³-hybridized carbons (Fsp3) is 0.900. The van der Waals surface area contributed by atoms with E-state index in [0.717, 1.165) is 13.1 Å². The monoisotopic (exact) mass is 262 g/mol. The third kappa shape index (κ3) is 2.97. The Hall–Kier alpha value is -0.660. The number of nitrogens with zero attached hydrogens (tertiary/aromatic N) is 1. The van der Waals surface area contributed by atoms with Gasteiger partial charge in [0.2, 0.25) is 0 Å². The lowest BCUT2D eigenvalue weighted by molar-refractivity contribution is -0.141. The van der Waals surface area contributed by atoms with Gasteiger partial charge >= 0.3 is 5.97 Å². The van der Waals surface area contributed by atoms with Crippen molar-refractivity contribution in [2.24, 2.45) is 0 Å². The number of carbonyl (C=O) groups is 1. The highest BCUT2D eigenvalue weighted by Crippen LogP contribution is 2.21.